The SMILES string of the molecule is O=CN1Cc2cc(O)ccc2C1=O. The molecule has 1 aliphatic heterocycles. The molecular formula is C9H7NO3. The van der Waals surface area contributed by atoms with Gasteiger partial charge in [0.2, 0.25) is 6.41 Å². The highest BCUT2D eigenvalue weighted by molar-refractivity contribution is 6.03. The largest absolute Gasteiger partial charge is 0.508 e. The Morgan fingerprint density at radius 3 is 2.92 bits per heavy atom. The number of nitrogens with zero attached hydrogens (tertiary/aromatic N) is 1. The van der Waals surface area contributed by atoms with Gasteiger partial charge < -0.3 is 5.11 Å². The minimum atomic E-state index is -0.301. The number of aromatic hydroxyl groups is 1. The highest BCUT2D eigenvalue weighted by Crippen LogP contribution is 2.24. The third kappa shape index (κ3) is 1.07. The van der Waals surface area contributed by atoms with Crippen LogP contribution in [0.5, 0.6) is 5.75 Å². The predicted molar refractivity (Wildman–Crippen MR) is 44.0 cm³/mol. The summed E-state index contributed by atoms with van der Waals surface area (Å²) < 4.78 is 0. The van der Waals surface area contributed by atoms with Crippen LogP contribution in [0, 0.1) is 0 Å². The van der Waals surface area contributed by atoms with Crippen molar-refractivity contribution in [1.29, 1.82) is 0 Å². The second-order valence-electron chi connectivity index (χ2n) is 2.88. The first kappa shape index (κ1) is 7.79. The number of carbonyl (C=O) groups excluding carboxylic acids is 2. The van der Waals surface area contributed by atoms with Crippen LogP contribution in [0.2, 0.25) is 0 Å². The fourth-order valence-corrected chi connectivity index (χ4v) is 1.41. The van der Waals surface area contributed by atoms with Crippen LogP contribution in [0.3, 0.4) is 0 Å². The monoisotopic (exact) mass is 177 g/mol. The van der Waals surface area contributed by atoms with E-state index in [1.165, 1.54) is 18.2 Å². The van der Waals surface area contributed by atoms with E-state index in [0.29, 0.717) is 17.5 Å². The minimum Gasteiger partial charge on any atom is -0.508 e. The fourth-order valence-electron chi connectivity index (χ4n) is 1.41. The molecule has 0 saturated carbocycles. The molecule has 2 rings (SSSR count). The second kappa shape index (κ2) is 2.58. The lowest BCUT2D eigenvalue weighted by Crippen LogP contribution is -2.21. The van der Waals surface area contributed by atoms with Crippen LogP contribution in [0.25, 0.3) is 0 Å². The van der Waals surface area contributed by atoms with Crippen molar-refractivity contribution >= 4 is 12.3 Å². The molecular weight excluding hydrogens is 170 g/mol. The summed E-state index contributed by atoms with van der Waals surface area (Å²) in [7, 11) is 0. The molecule has 0 spiro atoms. The molecule has 0 saturated heterocycles. The van der Waals surface area contributed by atoms with Gasteiger partial charge in [-0.3, -0.25) is 14.5 Å². The molecule has 0 bridgehead atoms. The quantitative estimate of drug-likeness (QED) is 0.635. The molecule has 4 nitrogen and oxygen atoms in total. The number of imide groups is 1. The molecule has 1 aromatic rings. The number of rotatable bonds is 1. The van der Waals surface area contributed by atoms with Crippen LogP contribution in [-0.2, 0) is 11.3 Å². The Hall–Kier alpha value is -1.84. The smallest absolute Gasteiger partial charge is 0.260 e. The van der Waals surface area contributed by atoms with E-state index < -0.39 is 0 Å². The molecule has 0 radical (unpaired) electrons. The van der Waals surface area contributed by atoms with Gasteiger partial charge in [-0.2, -0.15) is 0 Å². The Morgan fingerprint density at radius 2 is 2.23 bits per heavy atom. The highest BCUT2D eigenvalue weighted by Gasteiger charge is 2.26. The maximum absolute atomic E-state index is 11.4. The van der Waals surface area contributed by atoms with E-state index in [1.54, 1.807) is 0 Å². The number of hydrogen-bond donors (Lipinski definition) is 1. The average molecular weight is 177 g/mol. The van der Waals surface area contributed by atoms with Gasteiger partial charge in [0.1, 0.15) is 5.75 Å². The lowest BCUT2D eigenvalue weighted by molar-refractivity contribution is -0.116. The van der Waals surface area contributed by atoms with E-state index in [-0.39, 0.29) is 18.2 Å². The number of phenols is 1. The molecule has 0 fully saturated rings. The molecule has 0 unspecified atom stereocenters. The van der Waals surface area contributed by atoms with E-state index in [1.807, 2.05) is 0 Å². The Morgan fingerprint density at radius 1 is 1.46 bits per heavy atom. The zero-order valence-corrected chi connectivity index (χ0v) is 6.73. The molecule has 2 amide bonds. The number of phenolic OH excluding ortho intramolecular Hbond substituents is 1. The van der Waals surface area contributed by atoms with Crippen LogP contribution < -0.4 is 0 Å². The lowest BCUT2D eigenvalue weighted by Gasteiger charge is -2.02. The van der Waals surface area contributed by atoms with E-state index in [4.69, 9.17) is 5.11 Å². The third-order valence-electron chi connectivity index (χ3n) is 2.05. The number of hydrogen-bond acceptors (Lipinski definition) is 3. The average Bonchev–Trinajstić information content (AvgIpc) is 2.42. The van der Waals surface area contributed by atoms with E-state index in [0.717, 1.165) is 4.90 Å². The van der Waals surface area contributed by atoms with Gasteiger partial charge >= 0.3 is 0 Å². The predicted octanol–water partition coefficient (Wildman–Crippen LogP) is 0.504. The van der Waals surface area contributed by atoms with Gasteiger partial charge in [0.15, 0.2) is 0 Å². The summed E-state index contributed by atoms with van der Waals surface area (Å²) in [4.78, 5) is 22.8. The first-order valence-corrected chi connectivity index (χ1v) is 3.80. The molecule has 0 atom stereocenters. The van der Waals surface area contributed by atoms with Gasteiger partial charge in [-0.25, -0.2) is 0 Å². The van der Waals surface area contributed by atoms with Gasteiger partial charge in [0, 0.05) is 5.56 Å². The summed E-state index contributed by atoms with van der Waals surface area (Å²) in [5, 5.41) is 9.12. The zero-order chi connectivity index (χ0) is 9.42. The van der Waals surface area contributed by atoms with E-state index >= 15 is 0 Å². The molecule has 4 heteroatoms. The first-order chi connectivity index (χ1) is 6.22. The summed E-state index contributed by atoms with van der Waals surface area (Å²) in [6.07, 6.45) is 0.499. The Bertz CT molecular complexity index is 386. The van der Waals surface area contributed by atoms with Crippen molar-refractivity contribution in [1.82, 2.24) is 4.90 Å². The van der Waals surface area contributed by atoms with Crippen molar-refractivity contribution in [2.45, 2.75) is 6.54 Å². The standard InChI is InChI=1S/C9H7NO3/c11-5-10-4-6-3-7(12)1-2-8(6)9(10)13/h1-3,5,12H,4H2. The van der Waals surface area contributed by atoms with Gasteiger partial charge in [-0.15, -0.1) is 0 Å². The second-order valence-corrected chi connectivity index (χ2v) is 2.88. The molecule has 1 aliphatic rings. The number of carbonyl (C=O) groups is 2. The summed E-state index contributed by atoms with van der Waals surface area (Å²) in [6, 6.07) is 4.46. The molecule has 1 N–H and O–H groups in total. The fraction of sp³-hybridized carbons (Fsp3) is 0.111. The summed E-state index contributed by atoms with van der Waals surface area (Å²) in [5.74, 6) is -0.190. The van der Waals surface area contributed by atoms with Gasteiger partial charge in [-0.05, 0) is 23.8 Å². The maximum Gasteiger partial charge on any atom is 0.260 e. The van der Waals surface area contributed by atoms with Crippen LogP contribution in [0.4, 0.5) is 0 Å². The highest BCUT2D eigenvalue weighted by atomic mass is 16.3. The molecule has 66 valence electrons. The van der Waals surface area contributed by atoms with Crippen LogP contribution in [0.15, 0.2) is 18.2 Å². The van der Waals surface area contributed by atoms with Crippen LogP contribution >= 0.6 is 0 Å². The van der Waals surface area contributed by atoms with Gasteiger partial charge in [0.05, 0.1) is 6.54 Å². The minimum absolute atomic E-state index is 0.110. The van der Waals surface area contributed by atoms with Gasteiger partial charge in [0.25, 0.3) is 5.91 Å². The Kier molecular flexibility index (Phi) is 1.55. The molecule has 1 heterocycles. The van der Waals surface area contributed by atoms with Crippen LogP contribution in [-0.4, -0.2) is 22.3 Å². The van der Waals surface area contributed by atoms with E-state index in [2.05, 4.69) is 0 Å². The summed E-state index contributed by atoms with van der Waals surface area (Å²) in [5.41, 5.74) is 1.18. The number of benzene rings is 1. The molecule has 0 aromatic heterocycles. The first-order valence-electron chi connectivity index (χ1n) is 3.80. The maximum atomic E-state index is 11.4. The van der Waals surface area contributed by atoms with Crippen molar-refractivity contribution in [3.8, 4) is 5.75 Å². The van der Waals surface area contributed by atoms with Crippen molar-refractivity contribution in [3.63, 3.8) is 0 Å². The van der Waals surface area contributed by atoms with Crippen molar-refractivity contribution < 1.29 is 14.7 Å². The lowest BCUT2D eigenvalue weighted by atomic mass is 10.1. The topological polar surface area (TPSA) is 57.6 Å². The van der Waals surface area contributed by atoms with Crippen LogP contribution in [0.1, 0.15) is 15.9 Å². The zero-order valence-electron chi connectivity index (χ0n) is 6.73. The number of fused-ring (bicyclic) bond motifs is 1. The van der Waals surface area contributed by atoms with E-state index in [9.17, 15) is 9.59 Å². The van der Waals surface area contributed by atoms with Gasteiger partial charge in [-0.1, -0.05) is 0 Å². The normalized spacial score (nSPS) is 14.5. The summed E-state index contributed by atoms with van der Waals surface area (Å²) in [6.45, 7) is 0.256. The third-order valence-corrected chi connectivity index (χ3v) is 2.05. The van der Waals surface area contributed by atoms with Crippen molar-refractivity contribution in [3.05, 3.63) is 29.3 Å². The molecule has 0 aliphatic carbocycles. The molecule has 13 heavy (non-hydrogen) atoms. The molecule has 1 aromatic carbocycles. The Labute approximate surface area is 74.4 Å². The Balaban J connectivity index is 2.49. The summed E-state index contributed by atoms with van der Waals surface area (Å²) >= 11 is 0. The van der Waals surface area contributed by atoms with Crippen molar-refractivity contribution in [2.75, 3.05) is 0 Å². The number of amides is 2. The van der Waals surface area contributed by atoms with Crippen molar-refractivity contribution in [2.24, 2.45) is 0 Å².